The minimum absolute atomic E-state index is 0.0226. The minimum Gasteiger partial charge on any atom is -0.353 e. The standard InChI is InChI=1S/C9H17NO/c1-8(2)5-4-6-9(8,3)10-7-11/h7H,4-6H2,1-3H3,(H,10,11). The molecule has 0 aliphatic heterocycles. The fourth-order valence-electron chi connectivity index (χ4n) is 1.90. The number of amides is 1. The molecule has 2 nitrogen and oxygen atoms in total. The summed E-state index contributed by atoms with van der Waals surface area (Å²) in [5.41, 5.74) is 0.280. The first-order chi connectivity index (χ1) is 5.02. The first kappa shape index (κ1) is 8.57. The highest BCUT2D eigenvalue weighted by atomic mass is 16.1. The van der Waals surface area contributed by atoms with E-state index in [-0.39, 0.29) is 11.0 Å². The average Bonchev–Trinajstić information content (AvgIpc) is 2.09. The molecule has 1 amide bonds. The highest BCUT2D eigenvalue weighted by Gasteiger charge is 2.44. The lowest BCUT2D eigenvalue weighted by atomic mass is 9.76. The normalized spacial score (nSPS) is 35.2. The van der Waals surface area contributed by atoms with Gasteiger partial charge in [0, 0.05) is 5.54 Å². The van der Waals surface area contributed by atoms with Crippen molar-refractivity contribution in [2.24, 2.45) is 5.41 Å². The summed E-state index contributed by atoms with van der Waals surface area (Å²) in [5.74, 6) is 0. The van der Waals surface area contributed by atoms with E-state index in [0.29, 0.717) is 0 Å². The molecule has 0 bridgehead atoms. The van der Waals surface area contributed by atoms with Gasteiger partial charge in [-0.2, -0.15) is 0 Å². The molecule has 2 heteroatoms. The van der Waals surface area contributed by atoms with Crippen LogP contribution < -0.4 is 5.32 Å². The Morgan fingerprint density at radius 1 is 1.27 bits per heavy atom. The van der Waals surface area contributed by atoms with Gasteiger partial charge in [0.2, 0.25) is 6.41 Å². The third-order valence-corrected chi connectivity index (χ3v) is 3.35. The first-order valence-corrected chi connectivity index (χ1v) is 4.23. The number of carbonyl (C=O) groups is 1. The number of hydrogen-bond acceptors (Lipinski definition) is 1. The molecule has 0 radical (unpaired) electrons. The maximum absolute atomic E-state index is 10.3. The van der Waals surface area contributed by atoms with E-state index in [1.807, 2.05) is 0 Å². The molecule has 0 aromatic heterocycles. The highest BCUT2D eigenvalue weighted by Crippen LogP contribution is 2.45. The Hall–Kier alpha value is -0.530. The first-order valence-electron chi connectivity index (χ1n) is 4.23. The van der Waals surface area contributed by atoms with Crippen molar-refractivity contribution in [3.05, 3.63) is 0 Å². The molecule has 1 N–H and O–H groups in total. The zero-order chi connectivity index (χ0) is 8.54. The van der Waals surface area contributed by atoms with E-state index in [1.54, 1.807) is 0 Å². The van der Waals surface area contributed by atoms with Gasteiger partial charge in [0.05, 0.1) is 0 Å². The lowest BCUT2D eigenvalue weighted by Crippen LogP contribution is -2.49. The van der Waals surface area contributed by atoms with Crippen LogP contribution in [-0.4, -0.2) is 11.9 Å². The largest absolute Gasteiger partial charge is 0.353 e. The molecule has 0 spiro atoms. The van der Waals surface area contributed by atoms with Crippen molar-refractivity contribution in [3.8, 4) is 0 Å². The van der Waals surface area contributed by atoms with Crippen LogP contribution >= 0.6 is 0 Å². The Labute approximate surface area is 68.4 Å². The van der Waals surface area contributed by atoms with Crippen LogP contribution in [0.15, 0.2) is 0 Å². The zero-order valence-electron chi connectivity index (χ0n) is 7.61. The number of rotatable bonds is 2. The molecule has 1 unspecified atom stereocenters. The Morgan fingerprint density at radius 3 is 2.27 bits per heavy atom. The number of carbonyl (C=O) groups excluding carboxylic acids is 1. The van der Waals surface area contributed by atoms with Gasteiger partial charge in [-0.15, -0.1) is 0 Å². The lowest BCUT2D eigenvalue weighted by molar-refractivity contribution is -0.112. The Morgan fingerprint density at radius 2 is 1.91 bits per heavy atom. The second kappa shape index (κ2) is 2.50. The molecule has 1 saturated carbocycles. The molecule has 64 valence electrons. The van der Waals surface area contributed by atoms with Crippen molar-refractivity contribution in [2.75, 3.05) is 0 Å². The summed E-state index contributed by atoms with van der Waals surface area (Å²) in [6.45, 7) is 6.57. The molecule has 1 fully saturated rings. The van der Waals surface area contributed by atoms with Crippen molar-refractivity contribution in [3.63, 3.8) is 0 Å². The van der Waals surface area contributed by atoms with Crippen LogP contribution in [0.1, 0.15) is 40.0 Å². The topological polar surface area (TPSA) is 29.1 Å². The molecule has 1 aliphatic carbocycles. The van der Waals surface area contributed by atoms with Crippen LogP contribution in [-0.2, 0) is 4.79 Å². The van der Waals surface area contributed by atoms with Gasteiger partial charge in [-0.3, -0.25) is 4.79 Å². The number of hydrogen-bond donors (Lipinski definition) is 1. The molecule has 0 aromatic carbocycles. The van der Waals surface area contributed by atoms with Crippen molar-refractivity contribution in [2.45, 2.75) is 45.6 Å². The van der Waals surface area contributed by atoms with E-state index < -0.39 is 0 Å². The van der Waals surface area contributed by atoms with Crippen LogP contribution in [0.25, 0.3) is 0 Å². The Bertz CT molecular complexity index is 165. The summed E-state index contributed by atoms with van der Waals surface area (Å²) >= 11 is 0. The van der Waals surface area contributed by atoms with Crippen molar-refractivity contribution >= 4 is 6.41 Å². The Balaban J connectivity index is 2.75. The molecule has 0 saturated heterocycles. The third kappa shape index (κ3) is 1.26. The van der Waals surface area contributed by atoms with Crippen molar-refractivity contribution < 1.29 is 4.79 Å². The average molecular weight is 155 g/mol. The zero-order valence-corrected chi connectivity index (χ0v) is 7.61. The van der Waals surface area contributed by atoms with E-state index in [1.165, 1.54) is 12.8 Å². The molecular formula is C9H17NO. The molecule has 0 aromatic rings. The van der Waals surface area contributed by atoms with E-state index in [2.05, 4.69) is 26.1 Å². The summed E-state index contributed by atoms with van der Waals surface area (Å²) in [6, 6.07) is 0. The molecule has 0 heterocycles. The minimum atomic E-state index is 0.0226. The monoisotopic (exact) mass is 155 g/mol. The summed E-state index contributed by atoms with van der Waals surface area (Å²) < 4.78 is 0. The molecule has 11 heavy (non-hydrogen) atoms. The summed E-state index contributed by atoms with van der Waals surface area (Å²) in [7, 11) is 0. The van der Waals surface area contributed by atoms with E-state index in [4.69, 9.17) is 0 Å². The van der Waals surface area contributed by atoms with Gasteiger partial charge >= 0.3 is 0 Å². The second-order valence-corrected chi connectivity index (χ2v) is 4.33. The lowest BCUT2D eigenvalue weighted by Gasteiger charge is -2.37. The fraction of sp³-hybridized carbons (Fsp3) is 0.889. The van der Waals surface area contributed by atoms with Gasteiger partial charge in [-0.25, -0.2) is 0 Å². The summed E-state index contributed by atoms with van der Waals surface area (Å²) in [4.78, 5) is 10.3. The van der Waals surface area contributed by atoms with Crippen molar-refractivity contribution in [1.29, 1.82) is 0 Å². The van der Waals surface area contributed by atoms with Gasteiger partial charge < -0.3 is 5.32 Å². The van der Waals surface area contributed by atoms with Gasteiger partial charge in [0.1, 0.15) is 0 Å². The van der Waals surface area contributed by atoms with Crippen LogP contribution in [0.4, 0.5) is 0 Å². The summed E-state index contributed by atoms with van der Waals surface area (Å²) in [5, 5.41) is 2.93. The van der Waals surface area contributed by atoms with Crippen LogP contribution in [0, 0.1) is 5.41 Å². The SMILES string of the molecule is CC1(C)CCCC1(C)NC=O. The third-order valence-electron chi connectivity index (χ3n) is 3.35. The van der Waals surface area contributed by atoms with Gasteiger partial charge in [-0.05, 0) is 25.2 Å². The van der Waals surface area contributed by atoms with Gasteiger partial charge in [-0.1, -0.05) is 20.3 Å². The fourth-order valence-corrected chi connectivity index (χ4v) is 1.90. The van der Waals surface area contributed by atoms with Gasteiger partial charge in [0.15, 0.2) is 0 Å². The maximum atomic E-state index is 10.3. The van der Waals surface area contributed by atoms with Crippen LogP contribution in [0.2, 0.25) is 0 Å². The van der Waals surface area contributed by atoms with E-state index in [0.717, 1.165) is 12.8 Å². The van der Waals surface area contributed by atoms with Crippen LogP contribution in [0.3, 0.4) is 0 Å². The number of nitrogens with one attached hydrogen (secondary N) is 1. The molecular weight excluding hydrogens is 138 g/mol. The molecule has 1 aliphatic rings. The molecule has 1 atom stereocenters. The predicted molar refractivity (Wildman–Crippen MR) is 45.2 cm³/mol. The predicted octanol–water partition coefficient (Wildman–Crippen LogP) is 1.70. The summed E-state index contributed by atoms with van der Waals surface area (Å²) in [6.07, 6.45) is 4.38. The smallest absolute Gasteiger partial charge is 0.207 e. The highest BCUT2D eigenvalue weighted by molar-refractivity contribution is 5.48. The van der Waals surface area contributed by atoms with Crippen molar-refractivity contribution in [1.82, 2.24) is 5.32 Å². The van der Waals surface area contributed by atoms with Crippen LogP contribution in [0.5, 0.6) is 0 Å². The maximum Gasteiger partial charge on any atom is 0.207 e. The van der Waals surface area contributed by atoms with Gasteiger partial charge in [0.25, 0.3) is 0 Å². The Kier molecular flexibility index (Phi) is 1.95. The molecule has 1 rings (SSSR count). The second-order valence-electron chi connectivity index (χ2n) is 4.33. The van der Waals surface area contributed by atoms with E-state index in [9.17, 15) is 4.79 Å². The quantitative estimate of drug-likeness (QED) is 0.604. The van der Waals surface area contributed by atoms with E-state index >= 15 is 0 Å².